The lowest BCUT2D eigenvalue weighted by molar-refractivity contribution is -0.387. The number of thioether (sulfide) groups is 1. The summed E-state index contributed by atoms with van der Waals surface area (Å²) in [5.41, 5.74) is -0.154. The van der Waals surface area contributed by atoms with Crippen LogP contribution in [0.4, 0.5) is 5.69 Å². The van der Waals surface area contributed by atoms with Gasteiger partial charge in [0.25, 0.3) is 5.69 Å². The molecule has 0 saturated heterocycles. The van der Waals surface area contributed by atoms with Crippen molar-refractivity contribution < 1.29 is 19.6 Å². The molecule has 0 unspecified atom stereocenters. The maximum Gasteiger partial charge on any atom is 0.305 e. The molecule has 0 heterocycles. The van der Waals surface area contributed by atoms with Crippen molar-refractivity contribution in [3.05, 3.63) is 33.3 Å². The number of rotatable bonds is 8. The zero-order chi connectivity index (χ0) is 16.7. The van der Waals surface area contributed by atoms with E-state index in [9.17, 15) is 19.7 Å². The second-order valence-corrected chi connectivity index (χ2v) is 5.73. The normalized spacial score (nSPS) is 10.3. The van der Waals surface area contributed by atoms with Crippen LogP contribution in [0.25, 0.3) is 0 Å². The summed E-state index contributed by atoms with van der Waals surface area (Å²) in [6.07, 6.45) is -0.134. The van der Waals surface area contributed by atoms with Gasteiger partial charge in [-0.25, -0.2) is 0 Å². The number of amides is 1. The summed E-state index contributed by atoms with van der Waals surface area (Å²) in [5, 5.41) is 19.8. The Balaban J connectivity index is 2.70. The van der Waals surface area contributed by atoms with Crippen LogP contribution < -0.4 is 0 Å². The van der Waals surface area contributed by atoms with Crippen LogP contribution in [0.15, 0.2) is 23.1 Å². The molecule has 7 nitrogen and oxygen atoms in total. The van der Waals surface area contributed by atoms with Gasteiger partial charge in [0.1, 0.15) is 0 Å². The van der Waals surface area contributed by atoms with Crippen molar-refractivity contribution in [2.24, 2.45) is 0 Å². The first-order valence-electron chi connectivity index (χ1n) is 6.41. The summed E-state index contributed by atoms with van der Waals surface area (Å²) in [6, 6.07) is 4.24. The number of hydrogen-bond donors (Lipinski definition) is 1. The zero-order valence-corrected chi connectivity index (χ0v) is 13.4. The molecule has 0 aliphatic carbocycles. The molecule has 1 aromatic rings. The van der Waals surface area contributed by atoms with Gasteiger partial charge in [-0.05, 0) is 19.1 Å². The maximum absolute atomic E-state index is 12.0. The first kappa shape index (κ1) is 18.2. The van der Waals surface area contributed by atoms with E-state index in [-0.39, 0.29) is 35.3 Å². The van der Waals surface area contributed by atoms with Crippen LogP contribution in [0.5, 0.6) is 0 Å². The second kappa shape index (κ2) is 8.60. The van der Waals surface area contributed by atoms with Crippen molar-refractivity contribution in [3.63, 3.8) is 0 Å². The lowest BCUT2D eigenvalue weighted by Crippen LogP contribution is -2.34. The molecule has 0 saturated carbocycles. The minimum absolute atomic E-state index is 0.00404. The van der Waals surface area contributed by atoms with Gasteiger partial charge in [0.05, 0.1) is 22.0 Å². The topological polar surface area (TPSA) is 101 Å². The largest absolute Gasteiger partial charge is 0.481 e. The summed E-state index contributed by atoms with van der Waals surface area (Å²) in [7, 11) is 0. The van der Waals surface area contributed by atoms with E-state index >= 15 is 0 Å². The summed E-state index contributed by atoms with van der Waals surface area (Å²) in [4.78, 5) is 34.7. The molecule has 0 aromatic heterocycles. The van der Waals surface area contributed by atoms with Gasteiger partial charge < -0.3 is 10.0 Å². The number of benzene rings is 1. The molecule has 0 aliphatic rings. The quantitative estimate of drug-likeness (QED) is 0.441. The molecule has 0 atom stereocenters. The van der Waals surface area contributed by atoms with Crippen LogP contribution >= 0.6 is 23.4 Å². The van der Waals surface area contributed by atoms with Crippen molar-refractivity contribution in [2.45, 2.75) is 18.2 Å². The number of nitrogens with zero attached hydrogens (tertiary/aromatic N) is 2. The predicted octanol–water partition coefficient (Wildman–Crippen LogP) is 2.66. The smallest absolute Gasteiger partial charge is 0.305 e. The molecule has 0 aliphatic heterocycles. The van der Waals surface area contributed by atoms with Gasteiger partial charge >= 0.3 is 5.97 Å². The fourth-order valence-electron chi connectivity index (χ4n) is 1.68. The standard InChI is InChI=1S/C13H15ClN2O5S/c1-2-15(6-5-13(18)19)12(17)8-22-11-4-3-9(14)7-10(11)16(20)21/h3-4,7H,2,5-6,8H2,1H3,(H,18,19). The van der Waals surface area contributed by atoms with Crippen LogP contribution in [0.3, 0.4) is 0 Å². The monoisotopic (exact) mass is 346 g/mol. The number of nitro groups is 1. The molecule has 0 spiro atoms. The number of aliphatic carboxylic acids is 1. The Bertz CT molecular complexity index is 582. The van der Waals surface area contributed by atoms with Crippen LogP contribution in [0.2, 0.25) is 5.02 Å². The van der Waals surface area contributed by atoms with E-state index in [2.05, 4.69) is 0 Å². The number of carboxylic acids is 1. The number of carboxylic acid groups (broad SMARTS) is 1. The molecule has 120 valence electrons. The lowest BCUT2D eigenvalue weighted by atomic mass is 10.3. The minimum Gasteiger partial charge on any atom is -0.481 e. The number of hydrogen-bond acceptors (Lipinski definition) is 5. The van der Waals surface area contributed by atoms with Gasteiger partial charge in [-0.2, -0.15) is 0 Å². The molecule has 22 heavy (non-hydrogen) atoms. The van der Waals surface area contributed by atoms with Crippen molar-refractivity contribution >= 4 is 40.9 Å². The van der Waals surface area contributed by atoms with E-state index in [1.54, 1.807) is 6.92 Å². The molecule has 9 heteroatoms. The average Bonchev–Trinajstić information content (AvgIpc) is 2.46. The molecule has 1 N–H and O–H groups in total. The van der Waals surface area contributed by atoms with Crippen molar-refractivity contribution in [1.29, 1.82) is 0 Å². The highest BCUT2D eigenvalue weighted by Gasteiger charge is 2.18. The van der Waals surface area contributed by atoms with Gasteiger partial charge in [0, 0.05) is 24.2 Å². The summed E-state index contributed by atoms with van der Waals surface area (Å²) >= 11 is 6.75. The third-order valence-electron chi connectivity index (χ3n) is 2.80. The van der Waals surface area contributed by atoms with Crippen molar-refractivity contribution in [1.82, 2.24) is 4.90 Å². The van der Waals surface area contributed by atoms with E-state index in [0.717, 1.165) is 11.8 Å². The molecule has 1 aromatic carbocycles. The highest BCUT2D eigenvalue weighted by atomic mass is 35.5. The van der Waals surface area contributed by atoms with Crippen molar-refractivity contribution in [3.8, 4) is 0 Å². The van der Waals surface area contributed by atoms with E-state index < -0.39 is 10.9 Å². The van der Waals surface area contributed by atoms with Crippen LogP contribution in [-0.2, 0) is 9.59 Å². The molecule has 0 fully saturated rings. The zero-order valence-electron chi connectivity index (χ0n) is 11.8. The summed E-state index contributed by atoms with van der Waals surface area (Å²) in [5.74, 6) is -1.25. The Morgan fingerprint density at radius 1 is 1.45 bits per heavy atom. The highest BCUT2D eigenvalue weighted by Crippen LogP contribution is 2.31. The fraction of sp³-hybridized carbons (Fsp3) is 0.385. The number of carbonyl (C=O) groups excluding carboxylic acids is 1. The van der Waals surface area contributed by atoms with E-state index in [4.69, 9.17) is 16.7 Å². The van der Waals surface area contributed by atoms with Gasteiger partial charge in [-0.1, -0.05) is 11.6 Å². The third kappa shape index (κ3) is 5.53. The van der Waals surface area contributed by atoms with Gasteiger partial charge in [0.15, 0.2) is 0 Å². The highest BCUT2D eigenvalue weighted by molar-refractivity contribution is 8.00. The van der Waals surface area contributed by atoms with Gasteiger partial charge in [0.2, 0.25) is 5.91 Å². The van der Waals surface area contributed by atoms with Gasteiger partial charge in [-0.3, -0.25) is 19.7 Å². The predicted molar refractivity (Wildman–Crippen MR) is 83.3 cm³/mol. The molecular formula is C13H15ClN2O5S. The Morgan fingerprint density at radius 2 is 2.14 bits per heavy atom. The Morgan fingerprint density at radius 3 is 2.68 bits per heavy atom. The lowest BCUT2D eigenvalue weighted by Gasteiger charge is -2.19. The average molecular weight is 347 g/mol. The first-order chi connectivity index (χ1) is 10.3. The van der Waals surface area contributed by atoms with Crippen LogP contribution in [-0.4, -0.2) is 45.6 Å². The minimum atomic E-state index is -0.979. The van der Waals surface area contributed by atoms with Crippen molar-refractivity contribution in [2.75, 3.05) is 18.8 Å². The van der Waals surface area contributed by atoms with E-state index in [1.165, 1.54) is 23.1 Å². The molecule has 1 amide bonds. The van der Waals surface area contributed by atoms with Gasteiger partial charge in [-0.15, -0.1) is 11.8 Å². The molecular weight excluding hydrogens is 332 g/mol. The maximum atomic E-state index is 12.0. The second-order valence-electron chi connectivity index (χ2n) is 4.27. The number of halogens is 1. The number of carbonyl (C=O) groups is 2. The summed E-state index contributed by atoms with van der Waals surface area (Å²) in [6.45, 7) is 2.25. The van der Waals surface area contributed by atoms with Crippen LogP contribution in [0, 0.1) is 10.1 Å². The summed E-state index contributed by atoms with van der Waals surface area (Å²) < 4.78 is 0. The van der Waals surface area contributed by atoms with Crippen LogP contribution in [0.1, 0.15) is 13.3 Å². The third-order valence-corrected chi connectivity index (χ3v) is 4.08. The fourth-order valence-corrected chi connectivity index (χ4v) is 2.75. The molecule has 0 bridgehead atoms. The molecule has 1 rings (SSSR count). The number of nitro benzene ring substituents is 1. The van der Waals surface area contributed by atoms with E-state index in [1.807, 2.05) is 0 Å². The SMILES string of the molecule is CCN(CCC(=O)O)C(=O)CSc1ccc(Cl)cc1[N+](=O)[O-]. The molecule has 0 radical (unpaired) electrons. The Labute approximate surface area is 136 Å². The first-order valence-corrected chi connectivity index (χ1v) is 7.77. The van der Waals surface area contributed by atoms with E-state index in [0.29, 0.717) is 11.4 Å². The Kier molecular flexibility index (Phi) is 7.13. The Hall–Kier alpha value is -1.80.